The molecule has 0 N–H and O–H groups in total. The fraction of sp³-hybridized carbons (Fsp3) is 0.300. The molecule has 0 aliphatic heterocycles. The SMILES string of the molecule is CC(=O)Cc1cc(S)cc(OC(F)F)c1. The molecular formula is C10H10F2O2S. The molecule has 0 heterocycles. The zero-order valence-corrected chi connectivity index (χ0v) is 8.93. The molecule has 1 aromatic carbocycles. The second kappa shape index (κ2) is 5.11. The van der Waals surface area contributed by atoms with Gasteiger partial charge in [0.05, 0.1) is 0 Å². The van der Waals surface area contributed by atoms with Crippen LogP contribution >= 0.6 is 12.6 Å². The van der Waals surface area contributed by atoms with E-state index in [0.717, 1.165) is 0 Å². The lowest BCUT2D eigenvalue weighted by Crippen LogP contribution is -2.03. The molecule has 0 unspecified atom stereocenters. The molecule has 1 aromatic rings. The van der Waals surface area contributed by atoms with Crippen LogP contribution in [0.3, 0.4) is 0 Å². The average molecular weight is 232 g/mol. The monoisotopic (exact) mass is 232 g/mol. The van der Waals surface area contributed by atoms with Gasteiger partial charge in [-0.3, -0.25) is 4.79 Å². The highest BCUT2D eigenvalue weighted by atomic mass is 32.1. The Morgan fingerprint density at radius 2 is 2.13 bits per heavy atom. The number of rotatable bonds is 4. The van der Waals surface area contributed by atoms with Crippen LogP contribution in [0, 0.1) is 0 Å². The molecule has 1 rings (SSSR count). The van der Waals surface area contributed by atoms with E-state index in [0.29, 0.717) is 10.5 Å². The number of halogens is 2. The van der Waals surface area contributed by atoms with Crippen LogP contribution in [-0.4, -0.2) is 12.4 Å². The lowest BCUT2D eigenvalue weighted by Gasteiger charge is -2.07. The highest BCUT2D eigenvalue weighted by molar-refractivity contribution is 7.80. The Bertz CT molecular complexity index is 366. The van der Waals surface area contributed by atoms with Crippen LogP contribution in [0.15, 0.2) is 23.1 Å². The summed E-state index contributed by atoms with van der Waals surface area (Å²) >= 11 is 4.03. The van der Waals surface area contributed by atoms with E-state index in [9.17, 15) is 13.6 Å². The molecule has 0 saturated carbocycles. The Morgan fingerprint density at radius 3 is 2.67 bits per heavy atom. The molecule has 0 fully saturated rings. The molecule has 0 aromatic heterocycles. The van der Waals surface area contributed by atoms with Gasteiger partial charge in [-0.25, -0.2) is 0 Å². The van der Waals surface area contributed by atoms with Crippen molar-refractivity contribution in [2.75, 3.05) is 0 Å². The molecule has 0 amide bonds. The zero-order valence-electron chi connectivity index (χ0n) is 8.04. The van der Waals surface area contributed by atoms with Crippen molar-refractivity contribution in [2.45, 2.75) is 24.9 Å². The molecule has 15 heavy (non-hydrogen) atoms. The number of benzene rings is 1. The van der Waals surface area contributed by atoms with Gasteiger partial charge in [0.15, 0.2) is 0 Å². The first-order valence-corrected chi connectivity index (χ1v) is 4.69. The van der Waals surface area contributed by atoms with Gasteiger partial charge in [-0.05, 0) is 30.7 Å². The van der Waals surface area contributed by atoms with Crippen LogP contribution in [0.4, 0.5) is 8.78 Å². The largest absolute Gasteiger partial charge is 0.435 e. The molecule has 0 atom stereocenters. The number of alkyl halides is 2. The van der Waals surface area contributed by atoms with Gasteiger partial charge in [0.25, 0.3) is 0 Å². The second-order valence-electron chi connectivity index (χ2n) is 3.09. The number of ether oxygens (including phenoxy) is 1. The maximum Gasteiger partial charge on any atom is 0.387 e. The first kappa shape index (κ1) is 12.0. The van der Waals surface area contributed by atoms with Gasteiger partial charge >= 0.3 is 6.61 Å². The quantitative estimate of drug-likeness (QED) is 0.808. The summed E-state index contributed by atoms with van der Waals surface area (Å²) in [7, 11) is 0. The van der Waals surface area contributed by atoms with Crippen molar-refractivity contribution < 1.29 is 18.3 Å². The number of ketones is 1. The first-order chi connectivity index (χ1) is 6.97. The lowest BCUT2D eigenvalue weighted by atomic mass is 10.1. The number of Topliss-reactive ketones (excluding diaryl/α,β-unsaturated/α-hetero) is 1. The second-order valence-corrected chi connectivity index (χ2v) is 3.61. The number of carbonyl (C=O) groups is 1. The van der Waals surface area contributed by atoms with Gasteiger partial charge in [-0.15, -0.1) is 12.6 Å². The van der Waals surface area contributed by atoms with Gasteiger partial charge in [-0.2, -0.15) is 8.78 Å². The lowest BCUT2D eigenvalue weighted by molar-refractivity contribution is -0.116. The Balaban J connectivity index is 2.89. The predicted octanol–water partition coefficient (Wildman–Crippen LogP) is 2.71. The minimum atomic E-state index is -2.87. The van der Waals surface area contributed by atoms with Gasteiger partial charge in [0.1, 0.15) is 11.5 Å². The molecular weight excluding hydrogens is 222 g/mol. The smallest absolute Gasteiger partial charge is 0.387 e. The highest BCUT2D eigenvalue weighted by Gasteiger charge is 2.07. The van der Waals surface area contributed by atoms with Crippen molar-refractivity contribution in [1.82, 2.24) is 0 Å². The van der Waals surface area contributed by atoms with Crippen LogP contribution in [0.2, 0.25) is 0 Å². The highest BCUT2D eigenvalue weighted by Crippen LogP contribution is 2.21. The third-order valence-electron chi connectivity index (χ3n) is 1.63. The number of hydrogen-bond donors (Lipinski definition) is 1. The van der Waals surface area contributed by atoms with E-state index in [2.05, 4.69) is 17.4 Å². The van der Waals surface area contributed by atoms with E-state index in [1.165, 1.54) is 19.1 Å². The van der Waals surface area contributed by atoms with Crippen molar-refractivity contribution in [3.05, 3.63) is 23.8 Å². The fourth-order valence-corrected chi connectivity index (χ4v) is 1.50. The molecule has 0 aliphatic rings. The maximum atomic E-state index is 11.9. The zero-order chi connectivity index (χ0) is 11.4. The number of carbonyl (C=O) groups excluding carboxylic acids is 1. The topological polar surface area (TPSA) is 26.3 Å². The van der Waals surface area contributed by atoms with Crippen molar-refractivity contribution in [2.24, 2.45) is 0 Å². The molecule has 0 radical (unpaired) electrons. The van der Waals surface area contributed by atoms with E-state index >= 15 is 0 Å². The van der Waals surface area contributed by atoms with Crippen LogP contribution in [0.1, 0.15) is 12.5 Å². The Labute approximate surface area is 91.7 Å². The Morgan fingerprint density at radius 1 is 1.47 bits per heavy atom. The summed E-state index contributed by atoms with van der Waals surface area (Å²) in [5, 5.41) is 0. The molecule has 5 heteroatoms. The van der Waals surface area contributed by atoms with Crippen LogP contribution in [-0.2, 0) is 11.2 Å². The molecule has 0 aliphatic carbocycles. The maximum absolute atomic E-state index is 11.9. The van der Waals surface area contributed by atoms with E-state index in [1.807, 2.05) is 0 Å². The van der Waals surface area contributed by atoms with Gasteiger partial charge in [-0.1, -0.05) is 0 Å². The molecule has 82 valence electrons. The summed E-state index contributed by atoms with van der Waals surface area (Å²) in [5.74, 6) is -0.0225. The predicted molar refractivity (Wildman–Crippen MR) is 54.7 cm³/mol. The standard InChI is InChI=1S/C10H10F2O2S/c1-6(13)2-7-3-8(14-10(11)12)5-9(15)4-7/h3-5,10,15H,2H2,1H3. The summed E-state index contributed by atoms with van der Waals surface area (Å²) in [5.41, 5.74) is 0.616. The van der Waals surface area contributed by atoms with Crippen molar-refractivity contribution in [3.8, 4) is 5.75 Å². The van der Waals surface area contributed by atoms with E-state index in [1.54, 1.807) is 6.07 Å². The Hall–Kier alpha value is -1.10. The number of hydrogen-bond acceptors (Lipinski definition) is 3. The van der Waals surface area contributed by atoms with Crippen LogP contribution in [0.25, 0.3) is 0 Å². The summed E-state index contributed by atoms with van der Waals surface area (Å²) in [6.07, 6.45) is 0.188. The summed E-state index contributed by atoms with van der Waals surface area (Å²) < 4.78 is 28.1. The van der Waals surface area contributed by atoms with Gasteiger partial charge < -0.3 is 4.74 Å². The first-order valence-electron chi connectivity index (χ1n) is 4.24. The summed E-state index contributed by atoms with van der Waals surface area (Å²) in [6, 6.07) is 4.43. The minimum absolute atomic E-state index is 0.0220. The fourth-order valence-electron chi connectivity index (χ4n) is 1.20. The molecule has 2 nitrogen and oxygen atoms in total. The third-order valence-corrected chi connectivity index (χ3v) is 1.89. The molecule has 0 bridgehead atoms. The van der Waals surface area contributed by atoms with Crippen molar-refractivity contribution >= 4 is 18.4 Å². The van der Waals surface area contributed by atoms with E-state index < -0.39 is 6.61 Å². The normalized spacial score (nSPS) is 10.5. The molecule has 0 saturated heterocycles. The van der Waals surface area contributed by atoms with Crippen molar-refractivity contribution in [3.63, 3.8) is 0 Å². The number of thiol groups is 1. The van der Waals surface area contributed by atoms with Crippen LogP contribution < -0.4 is 4.74 Å². The minimum Gasteiger partial charge on any atom is -0.435 e. The summed E-state index contributed by atoms with van der Waals surface area (Å²) in [4.78, 5) is 11.3. The van der Waals surface area contributed by atoms with Gasteiger partial charge in [0.2, 0.25) is 0 Å². The van der Waals surface area contributed by atoms with E-state index in [-0.39, 0.29) is 18.0 Å². The van der Waals surface area contributed by atoms with E-state index in [4.69, 9.17) is 0 Å². The summed E-state index contributed by atoms with van der Waals surface area (Å²) in [6.45, 7) is -1.44. The average Bonchev–Trinajstić information content (AvgIpc) is 1.98. The van der Waals surface area contributed by atoms with Gasteiger partial charge in [0, 0.05) is 11.3 Å². The van der Waals surface area contributed by atoms with Crippen LogP contribution in [0.5, 0.6) is 5.75 Å². The molecule has 0 spiro atoms. The third kappa shape index (κ3) is 4.29. The van der Waals surface area contributed by atoms with Crippen molar-refractivity contribution in [1.29, 1.82) is 0 Å². The Kier molecular flexibility index (Phi) is 4.08.